The Balaban J connectivity index is 1.56. The van der Waals surface area contributed by atoms with Gasteiger partial charge in [0.25, 0.3) is 0 Å². The van der Waals surface area contributed by atoms with E-state index in [0.717, 1.165) is 32.9 Å². The van der Waals surface area contributed by atoms with Gasteiger partial charge >= 0.3 is 0 Å². The van der Waals surface area contributed by atoms with E-state index in [0.29, 0.717) is 5.56 Å². The molecule has 0 saturated heterocycles. The second-order valence-electron chi connectivity index (χ2n) is 6.62. The topological polar surface area (TPSA) is 66.0 Å². The number of rotatable bonds is 4. The second-order valence-corrected chi connectivity index (χ2v) is 6.62. The molecule has 1 atom stereocenters. The first-order valence-corrected chi connectivity index (χ1v) is 8.83. The molecular weight excluding hydrogens is 336 g/mol. The number of furan rings is 1. The van der Waals surface area contributed by atoms with Crippen molar-refractivity contribution in [3.63, 3.8) is 0 Å². The van der Waals surface area contributed by atoms with Crippen molar-refractivity contribution in [3.8, 4) is 6.07 Å². The van der Waals surface area contributed by atoms with Gasteiger partial charge in [-0.15, -0.1) is 0 Å². The molecule has 27 heavy (non-hydrogen) atoms. The van der Waals surface area contributed by atoms with Crippen LogP contribution in [0.15, 0.2) is 71.3 Å². The number of carbonyl (C=O) groups excluding carboxylic acids is 1. The number of benzene rings is 3. The maximum Gasteiger partial charge on any atom is 0.225 e. The van der Waals surface area contributed by atoms with Crippen LogP contribution in [0.5, 0.6) is 0 Å². The van der Waals surface area contributed by atoms with E-state index in [9.17, 15) is 4.79 Å². The first-order chi connectivity index (χ1) is 13.2. The van der Waals surface area contributed by atoms with Crippen LogP contribution in [-0.2, 0) is 11.2 Å². The molecule has 1 heterocycles. The van der Waals surface area contributed by atoms with E-state index in [4.69, 9.17) is 9.68 Å². The van der Waals surface area contributed by atoms with Crippen molar-refractivity contribution >= 4 is 27.6 Å². The van der Waals surface area contributed by atoms with Gasteiger partial charge in [-0.3, -0.25) is 4.79 Å². The lowest BCUT2D eigenvalue weighted by atomic mass is 10.0. The van der Waals surface area contributed by atoms with Gasteiger partial charge in [0.2, 0.25) is 5.91 Å². The molecule has 1 aromatic heterocycles. The summed E-state index contributed by atoms with van der Waals surface area (Å²) in [6, 6.07) is 21.3. The zero-order valence-corrected chi connectivity index (χ0v) is 14.9. The summed E-state index contributed by atoms with van der Waals surface area (Å²) in [4.78, 5) is 12.6. The lowest BCUT2D eigenvalue weighted by molar-refractivity contribution is -0.121. The Morgan fingerprint density at radius 1 is 1.11 bits per heavy atom. The summed E-state index contributed by atoms with van der Waals surface area (Å²) in [6.07, 6.45) is 1.92. The van der Waals surface area contributed by atoms with E-state index in [1.54, 1.807) is 18.4 Å². The summed E-state index contributed by atoms with van der Waals surface area (Å²) in [5.41, 5.74) is 3.24. The molecule has 0 spiro atoms. The smallest absolute Gasteiger partial charge is 0.225 e. The normalized spacial score (nSPS) is 12.0. The minimum atomic E-state index is -0.139. The van der Waals surface area contributed by atoms with Gasteiger partial charge < -0.3 is 9.73 Å². The summed E-state index contributed by atoms with van der Waals surface area (Å²) in [6.45, 7) is 1.93. The average molecular weight is 354 g/mol. The minimum absolute atomic E-state index is 0.0671. The summed E-state index contributed by atoms with van der Waals surface area (Å²) < 4.78 is 5.66. The van der Waals surface area contributed by atoms with Crippen molar-refractivity contribution in [2.75, 3.05) is 0 Å². The maximum absolute atomic E-state index is 12.6. The predicted octanol–water partition coefficient (Wildman–Crippen LogP) is 4.88. The van der Waals surface area contributed by atoms with Crippen LogP contribution in [0.1, 0.15) is 29.7 Å². The highest BCUT2D eigenvalue weighted by Gasteiger charge is 2.15. The van der Waals surface area contributed by atoms with Crippen LogP contribution < -0.4 is 5.32 Å². The van der Waals surface area contributed by atoms with E-state index in [1.165, 1.54) is 0 Å². The Morgan fingerprint density at radius 2 is 1.89 bits per heavy atom. The lowest BCUT2D eigenvalue weighted by Gasteiger charge is -2.14. The molecule has 4 aromatic rings. The van der Waals surface area contributed by atoms with Crippen molar-refractivity contribution in [3.05, 3.63) is 83.6 Å². The number of nitriles is 1. The summed E-state index contributed by atoms with van der Waals surface area (Å²) in [5, 5.41) is 15.1. The highest BCUT2D eigenvalue weighted by Crippen LogP contribution is 2.30. The number of hydrogen-bond donors (Lipinski definition) is 1. The number of amides is 1. The maximum atomic E-state index is 12.6. The lowest BCUT2D eigenvalue weighted by Crippen LogP contribution is -2.28. The first kappa shape index (κ1) is 16.9. The monoisotopic (exact) mass is 354 g/mol. The molecular formula is C23H18N2O2. The van der Waals surface area contributed by atoms with Gasteiger partial charge in [0, 0.05) is 10.9 Å². The average Bonchev–Trinajstić information content (AvgIpc) is 3.11. The molecule has 132 valence electrons. The van der Waals surface area contributed by atoms with Gasteiger partial charge in [-0.25, -0.2) is 0 Å². The first-order valence-electron chi connectivity index (χ1n) is 8.83. The largest absolute Gasteiger partial charge is 0.464 e. The third-order valence-corrected chi connectivity index (χ3v) is 4.81. The third-order valence-electron chi connectivity index (χ3n) is 4.81. The van der Waals surface area contributed by atoms with E-state index in [-0.39, 0.29) is 18.4 Å². The number of fused-ring (bicyclic) bond motifs is 3. The molecule has 0 fully saturated rings. The predicted molar refractivity (Wildman–Crippen MR) is 105 cm³/mol. The van der Waals surface area contributed by atoms with Crippen LogP contribution in [0.2, 0.25) is 0 Å². The molecule has 0 bridgehead atoms. The van der Waals surface area contributed by atoms with E-state index in [2.05, 4.69) is 17.5 Å². The molecule has 0 aliphatic heterocycles. The van der Waals surface area contributed by atoms with Crippen LogP contribution >= 0.6 is 0 Å². The highest BCUT2D eigenvalue weighted by atomic mass is 16.3. The van der Waals surface area contributed by atoms with Crippen LogP contribution in [0.25, 0.3) is 21.7 Å². The molecule has 1 unspecified atom stereocenters. The molecule has 1 amide bonds. The van der Waals surface area contributed by atoms with Gasteiger partial charge in [0.05, 0.1) is 30.4 Å². The van der Waals surface area contributed by atoms with Crippen molar-refractivity contribution in [2.45, 2.75) is 19.4 Å². The molecule has 1 N–H and O–H groups in total. The second kappa shape index (κ2) is 6.97. The van der Waals surface area contributed by atoms with E-state index < -0.39 is 0 Å². The number of carbonyl (C=O) groups is 1. The number of nitrogens with one attached hydrogen (secondary N) is 1. The van der Waals surface area contributed by atoms with Gasteiger partial charge in [0.1, 0.15) is 5.58 Å². The van der Waals surface area contributed by atoms with Gasteiger partial charge in [-0.2, -0.15) is 5.26 Å². The summed E-state index contributed by atoms with van der Waals surface area (Å²) >= 11 is 0. The van der Waals surface area contributed by atoms with Gasteiger partial charge in [-0.05, 0) is 41.5 Å². The summed E-state index contributed by atoms with van der Waals surface area (Å²) in [5.74, 6) is -0.0671. The zero-order chi connectivity index (χ0) is 18.8. The van der Waals surface area contributed by atoms with Crippen LogP contribution in [0.4, 0.5) is 0 Å². The third kappa shape index (κ3) is 3.28. The van der Waals surface area contributed by atoms with Gasteiger partial charge in [-0.1, -0.05) is 42.5 Å². The van der Waals surface area contributed by atoms with E-state index in [1.807, 2.05) is 49.4 Å². The van der Waals surface area contributed by atoms with Crippen molar-refractivity contribution < 1.29 is 9.21 Å². The fourth-order valence-electron chi connectivity index (χ4n) is 3.40. The summed E-state index contributed by atoms with van der Waals surface area (Å²) in [7, 11) is 0. The molecule has 0 aliphatic carbocycles. The number of nitrogens with zero attached hydrogens (tertiary/aromatic N) is 1. The Bertz CT molecular complexity index is 1170. The van der Waals surface area contributed by atoms with Crippen LogP contribution in [-0.4, -0.2) is 5.91 Å². The molecule has 0 radical (unpaired) electrons. The zero-order valence-electron chi connectivity index (χ0n) is 14.9. The van der Waals surface area contributed by atoms with Crippen LogP contribution in [0.3, 0.4) is 0 Å². The molecule has 4 rings (SSSR count). The molecule has 0 saturated carbocycles. The standard InChI is InChI=1S/C23H18N2O2/c1-15(17-8-6-16(13-24)7-9-17)25-22(26)12-19-14-27-21-11-10-18-4-2-3-5-20(18)23(19)21/h2-11,14-15H,12H2,1H3,(H,25,26). The van der Waals surface area contributed by atoms with Gasteiger partial charge in [0.15, 0.2) is 0 Å². The SMILES string of the molecule is CC(NC(=O)Cc1coc2ccc3ccccc3c12)c1ccc(C#N)cc1. The molecule has 0 aliphatic rings. The fourth-order valence-corrected chi connectivity index (χ4v) is 3.40. The van der Waals surface area contributed by atoms with Crippen molar-refractivity contribution in [1.82, 2.24) is 5.32 Å². The Kier molecular flexibility index (Phi) is 4.35. The molecule has 4 nitrogen and oxygen atoms in total. The molecule has 3 aromatic carbocycles. The fraction of sp³-hybridized carbons (Fsp3) is 0.130. The minimum Gasteiger partial charge on any atom is -0.464 e. The Hall–Kier alpha value is -3.58. The highest BCUT2D eigenvalue weighted by molar-refractivity contribution is 6.08. The number of hydrogen-bond acceptors (Lipinski definition) is 3. The Labute approximate surface area is 157 Å². The van der Waals surface area contributed by atoms with Crippen molar-refractivity contribution in [1.29, 1.82) is 5.26 Å². The van der Waals surface area contributed by atoms with Crippen LogP contribution in [0, 0.1) is 11.3 Å². The van der Waals surface area contributed by atoms with Crippen molar-refractivity contribution in [2.24, 2.45) is 0 Å². The quantitative estimate of drug-likeness (QED) is 0.568. The van der Waals surface area contributed by atoms with E-state index >= 15 is 0 Å². The Morgan fingerprint density at radius 3 is 2.67 bits per heavy atom. The molecule has 4 heteroatoms.